The van der Waals surface area contributed by atoms with Gasteiger partial charge in [0.05, 0.1) is 32.0 Å². The molecule has 4 nitrogen and oxygen atoms in total. The Morgan fingerprint density at radius 1 is 1.17 bits per heavy atom. The fraction of sp³-hybridized carbons (Fsp3) is 1.00. The van der Waals surface area contributed by atoms with E-state index in [1.807, 2.05) is 25.6 Å². The Bertz CT molecular complexity index is 182. The molecule has 0 aromatic rings. The van der Waals surface area contributed by atoms with Gasteiger partial charge < -0.3 is 19.9 Å². The van der Waals surface area contributed by atoms with Crippen LogP contribution in [0.3, 0.4) is 0 Å². The summed E-state index contributed by atoms with van der Waals surface area (Å²) in [6.07, 6.45) is 1.90. The molecule has 110 valence electrons. The number of ether oxygens (including phenoxy) is 2. The summed E-state index contributed by atoms with van der Waals surface area (Å²) >= 11 is 1.85. The fourth-order valence-electron chi connectivity index (χ4n) is 1.46. The molecular weight excluding hydrogens is 250 g/mol. The van der Waals surface area contributed by atoms with Crippen molar-refractivity contribution in [3.63, 3.8) is 0 Å². The highest BCUT2D eigenvalue weighted by Crippen LogP contribution is 2.02. The van der Waals surface area contributed by atoms with E-state index < -0.39 is 6.10 Å². The molecule has 18 heavy (non-hydrogen) atoms. The minimum Gasteiger partial charge on any atom is -0.389 e. The predicted molar refractivity (Wildman–Crippen MR) is 78.3 cm³/mol. The summed E-state index contributed by atoms with van der Waals surface area (Å²) in [5, 5.41) is 12.9. The second kappa shape index (κ2) is 12.2. The summed E-state index contributed by atoms with van der Waals surface area (Å²) in [6.45, 7) is 9.21. The highest BCUT2D eigenvalue weighted by atomic mass is 32.2. The van der Waals surface area contributed by atoms with E-state index in [9.17, 15) is 5.11 Å². The maximum absolute atomic E-state index is 9.67. The SMILES string of the molecule is CSCC(C)CNCC(O)COCCOC(C)C. The number of hydrogen-bond donors (Lipinski definition) is 2. The minimum absolute atomic E-state index is 0.234. The van der Waals surface area contributed by atoms with Crippen LogP contribution in [0.25, 0.3) is 0 Å². The van der Waals surface area contributed by atoms with Crippen LogP contribution >= 0.6 is 11.8 Å². The van der Waals surface area contributed by atoms with Gasteiger partial charge in [0.2, 0.25) is 0 Å². The van der Waals surface area contributed by atoms with Crippen LogP contribution in [0.5, 0.6) is 0 Å². The lowest BCUT2D eigenvalue weighted by atomic mass is 10.2. The second-order valence-electron chi connectivity index (χ2n) is 4.87. The van der Waals surface area contributed by atoms with Crippen LogP contribution in [0.4, 0.5) is 0 Å². The Kier molecular flexibility index (Phi) is 12.4. The summed E-state index contributed by atoms with van der Waals surface area (Å²) in [7, 11) is 0. The van der Waals surface area contributed by atoms with Gasteiger partial charge in [-0.2, -0.15) is 11.8 Å². The minimum atomic E-state index is -0.439. The van der Waals surface area contributed by atoms with Crippen molar-refractivity contribution in [3.05, 3.63) is 0 Å². The molecule has 0 aliphatic rings. The smallest absolute Gasteiger partial charge is 0.0897 e. The van der Waals surface area contributed by atoms with Crippen molar-refractivity contribution in [2.75, 3.05) is 44.9 Å². The van der Waals surface area contributed by atoms with Crippen molar-refractivity contribution < 1.29 is 14.6 Å². The third kappa shape index (κ3) is 12.6. The first-order valence-electron chi connectivity index (χ1n) is 6.63. The lowest BCUT2D eigenvalue weighted by molar-refractivity contribution is -0.0100. The molecule has 0 aromatic heterocycles. The second-order valence-corrected chi connectivity index (χ2v) is 5.78. The number of nitrogens with one attached hydrogen (secondary N) is 1. The Morgan fingerprint density at radius 3 is 2.50 bits per heavy atom. The number of thioether (sulfide) groups is 1. The maximum atomic E-state index is 9.67. The molecule has 0 fully saturated rings. The number of hydrogen-bond acceptors (Lipinski definition) is 5. The molecule has 0 saturated carbocycles. The van der Waals surface area contributed by atoms with Crippen LogP contribution in [0.2, 0.25) is 0 Å². The van der Waals surface area contributed by atoms with Gasteiger partial charge in [-0.3, -0.25) is 0 Å². The highest BCUT2D eigenvalue weighted by Gasteiger charge is 2.06. The molecule has 0 spiro atoms. The lowest BCUT2D eigenvalue weighted by Gasteiger charge is -2.15. The first-order valence-corrected chi connectivity index (χ1v) is 8.02. The molecule has 2 N–H and O–H groups in total. The molecule has 2 unspecified atom stereocenters. The maximum Gasteiger partial charge on any atom is 0.0897 e. The molecule has 0 rings (SSSR count). The van der Waals surface area contributed by atoms with E-state index in [1.54, 1.807) is 0 Å². The van der Waals surface area contributed by atoms with E-state index in [1.165, 1.54) is 0 Å². The van der Waals surface area contributed by atoms with E-state index in [0.717, 1.165) is 12.3 Å². The van der Waals surface area contributed by atoms with Crippen molar-refractivity contribution >= 4 is 11.8 Å². The van der Waals surface area contributed by atoms with Gasteiger partial charge in [-0.1, -0.05) is 6.92 Å². The van der Waals surface area contributed by atoms with Crippen LogP contribution in [0, 0.1) is 5.92 Å². The van der Waals surface area contributed by atoms with Gasteiger partial charge >= 0.3 is 0 Å². The van der Waals surface area contributed by atoms with Gasteiger partial charge in [-0.25, -0.2) is 0 Å². The molecule has 0 aliphatic heterocycles. The summed E-state index contributed by atoms with van der Waals surface area (Å²) in [4.78, 5) is 0. The average molecular weight is 279 g/mol. The summed E-state index contributed by atoms with van der Waals surface area (Å²) < 4.78 is 10.7. The molecule has 2 atom stereocenters. The Balaban J connectivity index is 3.29. The predicted octanol–water partition coefficient (Wildman–Crippen LogP) is 1.38. The van der Waals surface area contributed by atoms with Crippen molar-refractivity contribution in [1.82, 2.24) is 5.32 Å². The van der Waals surface area contributed by atoms with Crippen molar-refractivity contribution in [2.24, 2.45) is 5.92 Å². The standard InChI is InChI=1S/C13H29NO3S/c1-11(2)17-6-5-16-9-13(15)8-14-7-12(3)10-18-4/h11-15H,5-10H2,1-4H3. The zero-order valence-corrected chi connectivity index (χ0v) is 13.0. The van der Waals surface area contributed by atoms with Gasteiger partial charge in [0.25, 0.3) is 0 Å². The van der Waals surface area contributed by atoms with Gasteiger partial charge in [-0.05, 0) is 38.3 Å². The molecular formula is C13H29NO3S. The quantitative estimate of drug-likeness (QED) is 0.529. The van der Waals surface area contributed by atoms with Crippen LogP contribution in [-0.2, 0) is 9.47 Å². The number of aliphatic hydroxyl groups excluding tert-OH is 1. The van der Waals surface area contributed by atoms with Crippen molar-refractivity contribution in [2.45, 2.75) is 33.0 Å². The monoisotopic (exact) mass is 279 g/mol. The molecule has 0 saturated heterocycles. The van der Waals surface area contributed by atoms with Crippen LogP contribution in [0.15, 0.2) is 0 Å². The van der Waals surface area contributed by atoms with E-state index in [4.69, 9.17) is 9.47 Å². The van der Waals surface area contributed by atoms with Crippen molar-refractivity contribution in [1.29, 1.82) is 0 Å². The summed E-state index contributed by atoms with van der Waals surface area (Å²) in [5.41, 5.74) is 0. The topological polar surface area (TPSA) is 50.7 Å². The van der Waals surface area contributed by atoms with E-state index in [0.29, 0.717) is 32.3 Å². The molecule has 0 heterocycles. The first kappa shape index (κ1) is 18.2. The molecule has 0 amide bonds. The largest absolute Gasteiger partial charge is 0.389 e. The molecule has 0 aliphatic carbocycles. The Hall–Kier alpha value is 0.190. The van der Waals surface area contributed by atoms with Gasteiger partial charge in [-0.15, -0.1) is 0 Å². The average Bonchev–Trinajstić information content (AvgIpc) is 2.28. The van der Waals surface area contributed by atoms with Gasteiger partial charge in [0.15, 0.2) is 0 Å². The molecule has 5 heteroatoms. The molecule has 0 radical (unpaired) electrons. The number of rotatable bonds is 12. The Morgan fingerprint density at radius 2 is 1.89 bits per heavy atom. The lowest BCUT2D eigenvalue weighted by Crippen LogP contribution is -2.33. The normalized spacial score (nSPS) is 15.0. The highest BCUT2D eigenvalue weighted by molar-refractivity contribution is 7.98. The van der Waals surface area contributed by atoms with E-state index in [2.05, 4.69) is 18.5 Å². The van der Waals surface area contributed by atoms with Crippen molar-refractivity contribution in [3.8, 4) is 0 Å². The van der Waals surface area contributed by atoms with E-state index >= 15 is 0 Å². The zero-order chi connectivity index (χ0) is 13.8. The Labute approximate surface area is 116 Å². The van der Waals surface area contributed by atoms with Crippen LogP contribution in [-0.4, -0.2) is 62.2 Å². The third-order valence-electron chi connectivity index (χ3n) is 2.31. The zero-order valence-electron chi connectivity index (χ0n) is 12.1. The van der Waals surface area contributed by atoms with Crippen LogP contribution in [0.1, 0.15) is 20.8 Å². The molecule has 0 bridgehead atoms. The summed E-state index contributed by atoms with van der Waals surface area (Å²) in [5.74, 6) is 1.78. The number of aliphatic hydroxyl groups is 1. The molecule has 0 aromatic carbocycles. The van der Waals surface area contributed by atoms with Gasteiger partial charge in [0, 0.05) is 6.54 Å². The fourth-order valence-corrected chi connectivity index (χ4v) is 2.15. The third-order valence-corrected chi connectivity index (χ3v) is 3.22. The summed E-state index contributed by atoms with van der Waals surface area (Å²) in [6, 6.07) is 0. The van der Waals surface area contributed by atoms with Gasteiger partial charge in [0.1, 0.15) is 0 Å². The van der Waals surface area contributed by atoms with E-state index in [-0.39, 0.29) is 6.10 Å². The van der Waals surface area contributed by atoms with Crippen LogP contribution < -0.4 is 5.32 Å². The first-order chi connectivity index (χ1) is 8.56.